The number of hydrogen-bond acceptors (Lipinski definition) is 5. The van der Waals surface area contributed by atoms with Gasteiger partial charge in [0.1, 0.15) is 0 Å². The standard InChI is InChI=1S/C52H31N5S/c53-32-33-22-24-34(25-23-33)37-26-28-46-43(30-37)40-16-7-9-20-45(40)57(46)47-29-27-38(39-18-11-19-42-41-17-8-10-21-48(41)58-49(39)42)31-44(47)52-55-50(35-12-3-1-4-13-35)54-51(56-52)36-14-5-2-6-15-36/h1-31H. The fourth-order valence-corrected chi connectivity index (χ4v) is 9.37. The van der Waals surface area contributed by atoms with Crippen molar-refractivity contribution >= 4 is 53.3 Å². The van der Waals surface area contributed by atoms with E-state index in [0.717, 1.165) is 60.9 Å². The highest BCUT2D eigenvalue weighted by Gasteiger charge is 2.21. The minimum Gasteiger partial charge on any atom is -0.309 e. The number of fused-ring (bicyclic) bond motifs is 6. The highest BCUT2D eigenvalue weighted by atomic mass is 32.1. The van der Waals surface area contributed by atoms with E-state index >= 15 is 0 Å². The van der Waals surface area contributed by atoms with Crippen molar-refractivity contribution in [2.24, 2.45) is 0 Å². The summed E-state index contributed by atoms with van der Waals surface area (Å²) in [7, 11) is 0. The third-order valence-corrected chi connectivity index (χ3v) is 12.1. The van der Waals surface area contributed by atoms with E-state index in [9.17, 15) is 5.26 Å². The number of hydrogen-bond donors (Lipinski definition) is 0. The topological polar surface area (TPSA) is 67.4 Å². The molecule has 0 atom stereocenters. The minimum atomic E-state index is 0.591. The average Bonchev–Trinajstić information content (AvgIpc) is 3.85. The lowest BCUT2D eigenvalue weighted by atomic mass is 9.99. The van der Waals surface area contributed by atoms with Crippen LogP contribution >= 0.6 is 11.3 Å². The van der Waals surface area contributed by atoms with Gasteiger partial charge in [-0.15, -0.1) is 11.3 Å². The van der Waals surface area contributed by atoms with E-state index in [1.54, 1.807) is 0 Å². The Morgan fingerprint density at radius 3 is 1.76 bits per heavy atom. The van der Waals surface area contributed by atoms with Crippen LogP contribution in [0.25, 0.3) is 104 Å². The van der Waals surface area contributed by atoms with Crippen LogP contribution in [0, 0.1) is 11.3 Å². The van der Waals surface area contributed by atoms with E-state index in [-0.39, 0.29) is 0 Å². The lowest BCUT2D eigenvalue weighted by molar-refractivity contribution is 1.06. The van der Waals surface area contributed by atoms with E-state index in [0.29, 0.717) is 23.0 Å². The second kappa shape index (κ2) is 13.8. The number of thiophene rings is 1. The van der Waals surface area contributed by atoms with Crippen molar-refractivity contribution in [3.8, 4) is 68.2 Å². The zero-order chi connectivity index (χ0) is 38.6. The Kier molecular flexibility index (Phi) is 7.99. The Labute approximate surface area is 338 Å². The molecule has 0 saturated carbocycles. The first-order valence-electron chi connectivity index (χ1n) is 19.2. The number of rotatable bonds is 6. The van der Waals surface area contributed by atoms with Crippen molar-refractivity contribution < 1.29 is 0 Å². The Morgan fingerprint density at radius 2 is 1.02 bits per heavy atom. The molecule has 6 heteroatoms. The first kappa shape index (κ1) is 33.6. The lowest BCUT2D eigenvalue weighted by Crippen LogP contribution is -2.04. The maximum Gasteiger partial charge on any atom is 0.166 e. The van der Waals surface area contributed by atoms with Crippen LogP contribution in [-0.4, -0.2) is 19.5 Å². The Bertz CT molecular complexity index is 3340. The molecule has 0 aliphatic carbocycles. The molecular weight excluding hydrogens is 727 g/mol. The molecular formula is C52H31N5S. The summed E-state index contributed by atoms with van der Waals surface area (Å²) in [5.41, 5.74) is 10.9. The van der Waals surface area contributed by atoms with Crippen molar-refractivity contribution in [3.05, 3.63) is 194 Å². The van der Waals surface area contributed by atoms with Crippen LogP contribution in [0.15, 0.2) is 188 Å². The molecule has 11 rings (SSSR count). The molecule has 0 spiro atoms. The smallest absolute Gasteiger partial charge is 0.166 e. The van der Waals surface area contributed by atoms with E-state index < -0.39 is 0 Å². The predicted molar refractivity (Wildman–Crippen MR) is 239 cm³/mol. The summed E-state index contributed by atoms with van der Waals surface area (Å²) in [5.74, 6) is 1.82. The first-order valence-corrected chi connectivity index (χ1v) is 20.0. The third kappa shape index (κ3) is 5.64. The maximum absolute atomic E-state index is 9.41. The van der Waals surface area contributed by atoms with Crippen LogP contribution < -0.4 is 0 Å². The predicted octanol–water partition coefficient (Wildman–Crippen LogP) is 13.5. The van der Waals surface area contributed by atoms with Crippen molar-refractivity contribution in [2.75, 3.05) is 0 Å². The van der Waals surface area contributed by atoms with Gasteiger partial charge in [0.05, 0.1) is 28.4 Å². The zero-order valence-electron chi connectivity index (χ0n) is 31.0. The van der Waals surface area contributed by atoms with Crippen LogP contribution in [-0.2, 0) is 0 Å². The molecule has 11 aromatic rings. The third-order valence-electron chi connectivity index (χ3n) is 10.9. The molecule has 0 bridgehead atoms. The highest BCUT2D eigenvalue weighted by Crippen LogP contribution is 2.43. The normalized spacial score (nSPS) is 11.4. The number of nitriles is 1. The van der Waals surface area contributed by atoms with Gasteiger partial charge in [0.2, 0.25) is 0 Å². The average molecular weight is 758 g/mol. The van der Waals surface area contributed by atoms with Crippen molar-refractivity contribution in [1.29, 1.82) is 5.26 Å². The van der Waals surface area contributed by atoms with Gasteiger partial charge in [-0.2, -0.15) is 5.26 Å². The number of para-hydroxylation sites is 1. The number of aromatic nitrogens is 4. The summed E-state index contributed by atoms with van der Waals surface area (Å²) in [6.07, 6.45) is 0. The molecule has 0 N–H and O–H groups in total. The van der Waals surface area contributed by atoms with E-state index in [2.05, 4.69) is 114 Å². The van der Waals surface area contributed by atoms with Gasteiger partial charge in [0.25, 0.3) is 0 Å². The molecule has 0 radical (unpaired) electrons. The van der Waals surface area contributed by atoms with E-state index in [1.807, 2.05) is 96.3 Å². The van der Waals surface area contributed by atoms with Crippen LogP contribution in [0.1, 0.15) is 5.56 Å². The Hall–Kier alpha value is -7.72. The molecule has 0 unspecified atom stereocenters. The minimum absolute atomic E-state index is 0.591. The molecule has 0 fully saturated rings. The fraction of sp³-hybridized carbons (Fsp3) is 0. The molecule has 5 nitrogen and oxygen atoms in total. The highest BCUT2D eigenvalue weighted by molar-refractivity contribution is 7.26. The summed E-state index contributed by atoms with van der Waals surface area (Å²) in [5, 5.41) is 14.2. The van der Waals surface area contributed by atoms with Crippen molar-refractivity contribution in [3.63, 3.8) is 0 Å². The molecule has 3 heterocycles. The van der Waals surface area contributed by atoms with Gasteiger partial charge in [0.15, 0.2) is 17.5 Å². The van der Waals surface area contributed by atoms with Crippen LogP contribution in [0.2, 0.25) is 0 Å². The van der Waals surface area contributed by atoms with Gasteiger partial charge in [-0.1, -0.05) is 140 Å². The van der Waals surface area contributed by atoms with E-state index in [1.165, 1.54) is 25.7 Å². The summed E-state index contributed by atoms with van der Waals surface area (Å²) < 4.78 is 4.87. The van der Waals surface area contributed by atoms with Gasteiger partial charge in [-0.3, -0.25) is 0 Å². The zero-order valence-corrected chi connectivity index (χ0v) is 31.9. The molecule has 0 aliphatic rings. The van der Waals surface area contributed by atoms with Crippen LogP contribution in [0.4, 0.5) is 0 Å². The Morgan fingerprint density at radius 1 is 0.414 bits per heavy atom. The van der Waals surface area contributed by atoms with Crippen LogP contribution in [0.3, 0.4) is 0 Å². The van der Waals surface area contributed by atoms with Crippen molar-refractivity contribution in [2.45, 2.75) is 0 Å². The first-order chi connectivity index (χ1) is 28.7. The molecule has 0 amide bonds. The molecule has 3 aromatic heterocycles. The van der Waals surface area contributed by atoms with E-state index in [4.69, 9.17) is 15.0 Å². The van der Waals surface area contributed by atoms with Gasteiger partial charge in [0, 0.05) is 47.6 Å². The molecule has 270 valence electrons. The SMILES string of the molecule is N#Cc1ccc(-c2ccc3c(c2)c2ccccc2n3-c2ccc(-c3cccc4c3sc3ccccc34)cc2-c2nc(-c3ccccc3)nc(-c3ccccc3)n2)cc1. The summed E-state index contributed by atoms with van der Waals surface area (Å²) in [6, 6.07) is 67.5. The molecule has 0 aliphatic heterocycles. The second-order valence-electron chi connectivity index (χ2n) is 14.3. The van der Waals surface area contributed by atoms with Crippen LogP contribution in [0.5, 0.6) is 0 Å². The van der Waals surface area contributed by atoms with Gasteiger partial charge in [-0.05, 0) is 70.8 Å². The van der Waals surface area contributed by atoms with Crippen molar-refractivity contribution in [1.82, 2.24) is 19.5 Å². The summed E-state index contributed by atoms with van der Waals surface area (Å²) in [6.45, 7) is 0. The van der Waals surface area contributed by atoms with Gasteiger partial charge >= 0.3 is 0 Å². The summed E-state index contributed by atoms with van der Waals surface area (Å²) >= 11 is 1.83. The summed E-state index contributed by atoms with van der Waals surface area (Å²) in [4.78, 5) is 15.6. The monoisotopic (exact) mass is 757 g/mol. The molecule has 0 saturated heterocycles. The largest absolute Gasteiger partial charge is 0.309 e. The number of benzene rings is 8. The number of nitrogens with zero attached hydrogens (tertiary/aromatic N) is 5. The molecule has 8 aromatic carbocycles. The second-order valence-corrected chi connectivity index (χ2v) is 15.4. The Balaban J connectivity index is 1.20. The van der Waals surface area contributed by atoms with Gasteiger partial charge < -0.3 is 4.57 Å². The quantitative estimate of drug-likeness (QED) is 0.169. The lowest BCUT2D eigenvalue weighted by Gasteiger charge is -2.16. The molecule has 58 heavy (non-hydrogen) atoms. The van der Waals surface area contributed by atoms with Gasteiger partial charge in [-0.25, -0.2) is 15.0 Å². The fourth-order valence-electron chi connectivity index (χ4n) is 8.13. The maximum atomic E-state index is 9.41.